The second kappa shape index (κ2) is 9.06. The van der Waals surface area contributed by atoms with E-state index < -0.39 is 0 Å². The standard InChI is InChI=1S/C19H25N3O/c1-15-8-10-16(11-9-15)14-18(17-6-3-4-13-21-17)22-19(23)7-5-12-20-2/h3-4,6,8-11,13,18,20H,5,7,12,14H2,1-2H3,(H,22,23). The van der Waals surface area contributed by atoms with E-state index >= 15 is 0 Å². The first-order valence-corrected chi connectivity index (χ1v) is 8.09. The quantitative estimate of drug-likeness (QED) is 0.737. The number of carbonyl (C=O) groups is 1. The molecule has 0 spiro atoms. The summed E-state index contributed by atoms with van der Waals surface area (Å²) in [5, 5.41) is 6.19. The highest BCUT2D eigenvalue weighted by Crippen LogP contribution is 2.17. The Morgan fingerprint density at radius 1 is 1.17 bits per heavy atom. The maximum absolute atomic E-state index is 12.2. The van der Waals surface area contributed by atoms with Crippen molar-refractivity contribution in [3.05, 3.63) is 65.5 Å². The molecule has 122 valence electrons. The minimum atomic E-state index is -0.0963. The van der Waals surface area contributed by atoms with Crippen LogP contribution in [0, 0.1) is 6.92 Å². The summed E-state index contributed by atoms with van der Waals surface area (Å²) in [6, 6.07) is 14.1. The van der Waals surface area contributed by atoms with Gasteiger partial charge in [0.15, 0.2) is 0 Å². The number of amides is 1. The summed E-state index contributed by atoms with van der Waals surface area (Å²) in [7, 11) is 1.89. The molecule has 0 radical (unpaired) electrons. The minimum Gasteiger partial charge on any atom is -0.347 e. The van der Waals surface area contributed by atoms with E-state index in [2.05, 4.69) is 46.8 Å². The SMILES string of the molecule is CNCCCC(=O)NC(Cc1ccc(C)cc1)c1ccccn1. The Hall–Kier alpha value is -2.20. The lowest BCUT2D eigenvalue weighted by molar-refractivity contribution is -0.121. The molecule has 1 unspecified atom stereocenters. The van der Waals surface area contributed by atoms with Crippen LogP contribution in [0.3, 0.4) is 0 Å². The summed E-state index contributed by atoms with van der Waals surface area (Å²) >= 11 is 0. The molecule has 4 nitrogen and oxygen atoms in total. The third-order valence-electron chi connectivity index (χ3n) is 3.77. The molecule has 0 bridgehead atoms. The summed E-state index contributed by atoms with van der Waals surface area (Å²) in [5.74, 6) is 0.0722. The van der Waals surface area contributed by atoms with Crippen LogP contribution < -0.4 is 10.6 Å². The predicted octanol–water partition coefficient (Wildman–Crippen LogP) is 2.79. The molecule has 1 aromatic carbocycles. The molecule has 0 fully saturated rings. The number of aryl methyl sites for hydroxylation is 1. The normalized spacial score (nSPS) is 11.9. The van der Waals surface area contributed by atoms with Crippen LogP contribution in [-0.4, -0.2) is 24.5 Å². The fourth-order valence-electron chi connectivity index (χ4n) is 2.46. The van der Waals surface area contributed by atoms with Crippen LogP contribution in [0.2, 0.25) is 0 Å². The monoisotopic (exact) mass is 311 g/mol. The van der Waals surface area contributed by atoms with E-state index in [4.69, 9.17) is 0 Å². The predicted molar refractivity (Wildman–Crippen MR) is 93.2 cm³/mol. The molecule has 1 heterocycles. The van der Waals surface area contributed by atoms with Gasteiger partial charge in [-0.25, -0.2) is 0 Å². The number of nitrogens with zero attached hydrogens (tertiary/aromatic N) is 1. The molecule has 2 aromatic rings. The molecule has 0 aliphatic rings. The van der Waals surface area contributed by atoms with Crippen molar-refractivity contribution in [1.82, 2.24) is 15.6 Å². The molecule has 1 aromatic heterocycles. The third-order valence-corrected chi connectivity index (χ3v) is 3.77. The van der Waals surface area contributed by atoms with Crippen LogP contribution in [0.4, 0.5) is 0 Å². The van der Waals surface area contributed by atoms with Crippen molar-refractivity contribution in [3.63, 3.8) is 0 Å². The number of nitrogens with one attached hydrogen (secondary N) is 2. The van der Waals surface area contributed by atoms with Gasteiger partial charge in [-0.15, -0.1) is 0 Å². The molecule has 0 aliphatic carbocycles. The summed E-state index contributed by atoms with van der Waals surface area (Å²) in [4.78, 5) is 16.6. The second-order valence-corrected chi connectivity index (χ2v) is 5.77. The van der Waals surface area contributed by atoms with Gasteiger partial charge in [0.1, 0.15) is 0 Å². The number of rotatable bonds is 8. The first-order chi connectivity index (χ1) is 11.2. The Balaban J connectivity index is 2.06. The Kier molecular flexibility index (Phi) is 6.76. The van der Waals surface area contributed by atoms with E-state index in [1.54, 1.807) is 6.20 Å². The molecule has 1 amide bonds. The van der Waals surface area contributed by atoms with Crippen molar-refractivity contribution in [2.75, 3.05) is 13.6 Å². The topological polar surface area (TPSA) is 54.0 Å². The van der Waals surface area contributed by atoms with Crippen molar-refractivity contribution >= 4 is 5.91 Å². The Morgan fingerprint density at radius 3 is 2.61 bits per heavy atom. The van der Waals surface area contributed by atoms with Gasteiger partial charge in [0, 0.05) is 12.6 Å². The van der Waals surface area contributed by atoms with Gasteiger partial charge in [-0.3, -0.25) is 9.78 Å². The van der Waals surface area contributed by atoms with Crippen molar-refractivity contribution in [1.29, 1.82) is 0 Å². The van der Waals surface area contributed by atoms with Gasteiger partial charge in [-0.05, 0) is 51.1 Å². The molecule has 2 rings (SSSR count). The lowest BCUT2D eigenvalue weighted by Gasteiger charge is -2.19. The smallest absolute Gasteiger partial charge is 0.220 e. The van der Waals surface area contributed by atoms with Gasteiger partial charge in [-0.1, -0.05) is 35.9 Å². The van der Waals surface area contributed by atoms with Crippen LogP contribution in [-0.2, 0) is 11.2 Å². The Morgan fingerprint density at radius 2 is 1.96 bits per heavy atom. The average molecular weight is 311 g/mol. The Bertz CT molecular complexity index is 596. The highest BCUT2D eigenvalue weighted by Gasteiger charge is 2.16. The fourth-order valence-corrected chi connectivity index (χ4v) is 2.46. The van der Waals surface area contributed by atoms with E-state index in [9.17, 15) is 4.79 Å². The largest absolute Gasteiger partial charge is 0.347 e. The Labute approximate surface area is 138 Å². The van der Waals surface area contributed by atoms with Gasteiger partial charge >= 0.3 is 0 Å². The summed E-state index contributed by atoms with van der Waals surface area (Å²) in [6.07, 6.45) is 3.87. The first-order valence-electron chi connectivity index (χ1n) is 8.09. The zero-order chi connectivity index (χ0) is 16.5. The number of hydrogen-bond donors (Lipinski definition) is 2. The lowest BCUT2D eigenvalue weighted by Crippen LogP contribution is -2.30. The van der Waals surface area contributed by atoms with Gasteiger partial charge in [0.05, 0.1) is 11.7 Å². The number of benzene rings is 1. The number of pyridine rings is 1. The van der Waals surface area contributed by atoms with Crippen LogP contribution in [0.15, 0.2) is 48.7 Å². The maximum atomic E-state index is 12.2. The van der Waals surface area contributed by atoms with Gasteiger partial charge in [0.2, 0.25) is 5.91 Å². The molecule has 4 heteroatoms. The third kappa shape index (κ3) is 5.83. The van der Waals surface area contributed by atoms with Crippen molar-refractivity contribution in [3.8, 4) is 0 Å². The zero-order valence-corrected chi connectivity index (χ0v) is 13.9. The molecular weight excluding hydrogens is 286 g/mol. The molecule has 2 N–H and O–H groups in total. The molecular formula is C19H25N3O. The average Bonchev–Trinajstić information content (AvgIpc) is 2.57. The molecule has 23 heavy (non-hydrogen) atoms. The van der Waals surface area contributed by atoms with E-state index in [-0.39, 0.29) is 11.9 Å². The van der Waals surface area contributed by atoms with Crippen molar-refractivity contribution in [2.45, 2.75) is 32.2 Å². The van der Waals surface area contributed by atoms with E-state index in [1.165, 1.54) is 11.1 Å². The van der Waals surface area contributed by atoms with E-state index in [0.717, 1.165) is 25.1 Å². The maximum Gasteiger partial charge on any atom is 0.220 e. The van der Waals surface area contributed by atoms with Gasteiger partial charge in [-0.2, -0.15) is 0 Å². The number of aromatic nitrogens is 1. The zero-order valence-electron chi connectivity index (χ0n) is 13.9. The minimum absolute atomic E-state index is 0.0722. The van der Waals surface area contributed by atoms with Gasteiger partial charge in [0.25, 0.3) is 0 Å². The van der Waals surface area contributed by atoms with Crippen molar-refractivity contribution in [2.24, 2.45) is 0 Å². The second-order valence-electron chi connectivity index (χ2n) is 5.77. The summed E-state index contributed by atoms with van der Waals surface area (Å²) < 4.78 is 0. The highest BCUT2D eigenvalue weighted by atomic mass is 16.1. The van der Waals surface area contributed by atoms with Crippen LogP contribution in [0.5, 0.6) is 0 Å². The first kappa shape index (κ1) is 17.2. The highest BCUT2D eigenvalue weighted by molar-refractivity contribution is 5.76. The van der Waals surface area contributed by atoms with Crippen LogP contribution in [0.1, 0.15) is 35.7 Å². The van der Waals surface area contributed by atoms with Crippen LogP contribution >= 0.6 is 0 Å². The molecule has 1 atom stereocenters. The fraction of sp³-hybridized carbons (Fsp3) is 0.368. The van der Waals surface area contributed by atoms with Gasteiger partial charge < -0.3 is 10.6 Å². The lowest BCUT2D eigenvalue weighted by atomic mass is 10.0. The number of hydrogen-bond acceptors (Lipinski definition) is 3. The summed E-state index contributed by atoms with van der Waals surface area (Å²) in [5.41, 5.74) is 3.33. The van der Waals surface area contributed by atoms with E-state index in [1.807, 2.05) is 25.2 Å². The summed E-state index contributed by atoms with van der Waals surface area (Å²) in [6.45, 7) is 2.92. The van der Waals surface area contributed by atoms with E-state index in [0.29, 0.717) is 6.42 Å². The molecule has 0 saturated carbocycles. The molecule has 0 aliphatic heterocycles. The molecule has 0 saturated heterocycles. The van der Waals surface area contributed by atoms with Crippen molar-refractivity contribution < 1.29 is 4.79 Å². The number of carbonyl (C=O) groups excluding carboxylic acids is 1. The van der Waals surface area contributed by atoms with Crippen LogP contribution in [0.25, 0.3) is 0 Å².